The zero-order valence-corrected chi connectivity index (χ0v) is 16.8. The number of benzene rings is 2. The van der Waals surface area contributed by atoms with Crippen LogP contribution in [0, 0.1) is 0 Å². The van der Waals surface area contributed by atoms with Gasteiger partial charge in [0.1, 0.15) is 11.3 Å². The van der Waals surface area contributed by atoms with E-state index in [4.69, 9.17) is 16.3 Å². The molecule has 1 aliphatic rings. The molecule has 2 aromatic rings. The minimum absolute atomic E-state index is 0.211. The Morgan fingerprint density at radius 3 is 2.37 bits per heavy atom. The van der Waals surface area contributed by atoms with Crippen LogP contribution in [0.25, 0.3) is 0 Å². The van der Waals surface area contributed by atoms with Gasteiger partial charge in [-0.2, -0.15) is 0 Å². The maximum Gasteiger partial charge on any atom is 0.325 e. The van der Waals surface area contributed by atoms with Crippen LogP contribution in [0.1, 0.15) is 18.9 Å². The molecule has 0 aromatic heterocycles. The maximum absolute atomic E-state index is 13.1. The molecule has 0 spiro atoms. The van der Waals surface area contributed by atoms with Gasteiger partial charge in [0.2, 0.25) is 0 Å². The summed E-state index contributed by atoms with van der Waals surface area (Å²) in [5.41, 5.74) is -0.258. The van der Waals surface area contributed by atoms with E-state index in [1.165, 1.54) is 4.90 Å². The molecule has 2 aromatic carbocycles. The van der Waals surface area contributed by atoms with Gasteiger partial charge in [-0.1, -0.05) is 30.7 Å². The van der Waals surface area contributed by atoms with Gasteiger partial charge in [0.25, 0.3) is 5.91 Å². The number of hydrogen-bond acceptors (Lipinski definition) is 4. The number of rotatable bonds is 7. The fourth-order valence-corrected chi connectivity index (χ4v) is 4.09. The molecule has 0 saturated carbocycles. The molecule has 1 N–H and O–H groups in total. The average molecular weight is 405 g/mol. The minimum Gasteiger partial charge on any atom is -0.497 e. The molecule has 142 valence electrons. The van der Waals surface area contributed by atoms with E-state index in [1.807, 2.05) is 43.3 Å². The average Bonchev–Trinajstić information content (AvgIpc) is 2.94. The number of nitrogens with zero attached hydrogens (tertiary/aromatic N) is 1. The summed E-state index contributed by atoms with van der Waals surface area (Å²) in [5.74, 6) is 1.11. The van der Waals surface area contributed by atoms with E-state index in [0.29, 0.717) is 29.5 Å². The van der Waals surface area contributed by atoms with Gasteiger partial charge >= 0.3 is 6.03 Å². The van der Waals surface area contributed by atoms with Gasteiger partial charge in [-0.25, -0.2) is 4.79 Å². The third kappa shape index (κ3) is 3.92. The van der Waals surface area contributed by atoms with Crippen molar-refractivity contribution in [3.8, 4) is 5.75 Å². The first-order valence-corrected chi connectivity index (χ1v) is 10.0. The zero-order valence-electron chi connectivity index (χ0n) is 15.2. The Hall–Kier alpha value is -2.18. The topological polar surface area (TPSA) is 58.6 Å². The van der Waals surface area contributed by atoms with Gasteiger partial charge in [-0.3, -0.25) is 9.69 Å². The van der Waals surface area contributed by atoms with E-state index < -0.39 is 5.54 Å². The van der Waals surface area contributed by atoms with Gasteiger partial charge in [0.05, 0.1) is 7.11 Å². The molecule has 0 aliphatic carbocycles. The summed E-state index contributed by atoms with van der Waals surface area (Å²) in [7, 11) is 1.59. The number of hydrogen-bond donors (Lipinski definition) is 1. The summed E-state index contributed by atoms with van der Waals surface area (Å²) >= 11 is 7.47. The molecule has 5 nitrogen and oxygen atoms in total. The fraction of sp³-hybridized carbons (Fsp3) is 0.300. The summed E-state index contributed by atoms with van der Waals surface area (Å²) in [6.07, 6.45) is 0.477. The lowest BCUT2D eigenvalue weighted by atomic mass is 9.87. The van der Waals surface area contributed by atoms with Crippen LogP contribution in [0.5, 0.6) is 5.75 Å². The third-order valence-corrected chi connectivity index (χ3v) is 5.93. The summed E-state index contributed by atoms with van der Waals surface area (Å²) in [4.78, 5) is 27.9. The smallest absolute Gasteiger partial charge is 0.325 e. The number of halogens is 1. The molecule has 3 rings (SSSR count). The van der Waals surface area contributed by atoms with Crippen molar-refractivity contribution in [2.24, 2.45) is 0 Å². The van der Waals surface area contributed by atoms with E-state index in [2.05, 4.69) is 5.32 Å². The zero-order chi connectivity index (χ0) is 19.4. The van der Waals surface area contributed by atoms with E-state index in [0.717, 1.165) is 10.5 Å². The highest BCUT2D eigenvalue weighted by Crippen LogP contribution is 2.33. The summed E-state index contributed by atoms with van der Waals surface area (Å²) in [6, 6.07) is 14.4. The number of imide groups is 1. The van der Waals surface area contributed by atoms with Crippen molar-refractivity contribution in [2.45, 2.75) is 23.8 Å². The predicted molar refractivity (Wildman–Crippen MR) is 107 cm³/mol. The molecule has 0 unspecified atom stereocenters. The molecule has 0 radical (unpaired) electrons. The molecule has 27 heavy (non-hydrogen) atoms. The van der Waals surface area contributed by atoms with E-state index in [9.17, 15) is 9.59 Å². The SMILES string of the molecule is CC[C@]1(c2ccc(OC)cc2)NC(=O)N(CCSc2ccc(Cl)cc2)C1=O. The Labute approximate surface area is 168 Å². The maximum atomic E-state index is 13.1. The summed E-state index contributed by atoms with van der Waals surface area (Å²) in [5, 5.41) is 3.58. The first-order valence-electron chi connectivity index (χ1n) is 8.67. The molecule has 1 atom stereocenters. The standard InChI is InChI=1S/C20H21ClN2O3S/c1-3-20(14-4-8-16(26-2)9-5-14)18(24)23(19(25)22-20)12-13-27-17-10-6-15(21)7-11-17/h4-11H,3,12-13H2,1-2H3,(H,22,25)/t20-/m1/s1. The number of amides is 3. The molecule has 1 saturated heterocycles. The predicted octanol–water partition coefficient (Wildman–Crippen LogP) is 4.30. The normalized spacial score (nSPS) is 19.3. The second-order valence-electron chi connectivity index (χ2n) is 6.18. The largest absolute Gasteiger partial charge is 0.497 e. The molecular formula is C20H21ClN2O3S. The van der Waals surface area contributed by atoms with Crippen LogP contribution in [0.15, 0.2) is 53.4 Å². The lowest BCUT2D eigenvalue weighted by Crippen LogP contribution is -2.43. The van der Waals surface area contributed by atoms with E-state index >= 15 is 0 Å². The first-order chi connectivity index (χ1) is 13.0. The lowest BCUT2D eigenvalue weighted by Gasteiger charge is -2.26. The number of methoxy groups -OCH3 is 1. The highest BCUT2D eigenvalue weighted by molar-refractivity contribution is 7.99. The van der Waals surface area contributed by atoms with Crippen LogP contribution in [-0.2, 0) is 10.3 Å². The van der Waals surface area contributed by atoms with Crippen LogP contribution < -0.4 is 10.1 Å². The van der Waals surface area contributed by atoms with E-state index in [-0.39, 0.29) is 11.9 Å². The van der Waals surface area contributed by atoms with Crippen molar-refractivity contribution in [1.29, 1.82) is 0 Å². The van der Waals surface area contributed by atoms with Crippen LogP contribution >= 0.6 is 23.4 Å². The van der Waals surface area contributed by atoms with Gasteiger partial charge in [-0.15, -0.1) is 11.8 Å². The number of nitrogens with one attached hydrogen (secondary N) is 1. The van der Waals surface area contributed by atoms with Crippen LogP contribution in [0.3, 0.4) is 0 Å². The molecule has 1 fully saturated rings. The Morgan fingerprint density at radius 1 is 1.11 bits per heavy atom. The molecule has 1 heterocycles. The monoisotopic (exact) mass is 404 g/mol. The number of urea groups is 1. The minimum atomic E-state index is -1.02. The molecule has 0 bridgehead atoms. The van der Waals surface area contributed by atoms with Gasteiger partial charge in [-0.05, 0) is 48.4 Å². The second-order valence-corrected chi connectivity index (χ2v) is 7.78. The molecule has 3 amide bonds. The summed E-state index contributed by atoms with van der Waals surface area (Å²) in [6.45, 7) is 2.24. The highest BCUT2D eigenvalue weighted by atomic mass is 35.5. The number of thioether (sulfide) groups is 1. The van der Waals surface area contributed by atoms with Crippen molar-refractivity contribution in [2.75, 3.05) is 19.4 Å². The Kier molecular flexibility index (Phi) is 5.97. The van der Waals surface area contributed by atoms with Gasteiger partial charge < -0.3 is 10.1 Å². The Bertz CT molecular complexity index is 826. The Morgan fingerprint density at radius 2 is 1.78 bits per heavy atom. The van der Waals surface area contributed by atoms with Gasteiger partial charge in [0, 0.05) is 22.2 Å². The fourth-order valence-electron chi connectivity index (χ4n) is 3.13. The van der Waals surface area contributed by atoms with Crippen LogP contribution in [0.4, 0.5) is 4.79 Å². The van der Waals surface area contributed by atoms with Crippen molar-refractivity contribution in [3.63, 3.8) is 0 Å². The summed E-state index contributed by atoms with van der Waals surface area (Å²) < 4.78 is 5.18. The lowest BCUT2D eigenvalue weighted by molar-refractivity contribution is -0.131. The van der Waals surface area contributed by atoms with Crippen LogP contribution in [-0.4, -0.2) is 36.2 Å². The second kappa shape index (κ2) is 8.23. The quantitative estimate of drug-likeness (QED) is 0.552. The number of ether oxygens (including phenoxy) is 1. The van der Waals surface area contributed by atoms with Crippen molar-refractivity contribution in [1.82, 2.24) is 10.2 Å². The van der Waals surface area contributed by atoms with Gasteiger partial charge in [0.15, 0.2) is 0 Å². The molecule has 7 heteroatoms. The van der Waals surface area contributed by atoms with Crippen molar-refractivity contribution in [3.05, 3.63) is 59.1 Å². The first kappa shape index (κ1) is 19.6. The number of carbonyl (C=O) groups is 2. The Balaban J connectivity index is 1.71. The van der Waals surface area contributed by atoms with E-state index in [1.54, 1.807) is 31.0 Å². The van der Waals surface area contributed by atoms with Crippen molar-refractivity contribution >= 4 is 35.3 Å². The third-order valence-electron chi connectivity index (χ3n) is 4.69. The molecular weight excluding hydrogens is 384 g/mol. The number of carbonyl (C=O) groups excluding carboxylic acids is 2. The van der Waals surface area contributed by atoms with Crippen molar-refractivity contribution < 1.29 is 14.3 Å². The highest BCUT2D eigenvalue weighted by Gasteiger charge is 2.50. The van der Waals surface area contributed by atoms with Crippen LogP contribution in [0.2, 0.25) is 5.02 Å². The molecule has 1 aliphatic heterocycles.